The Balaban J connectivity index is 1.94. The van der Waals surface area contributed by atoms with Gasteiger partial charge in [0.1, 0.15) is 0 Å². The molecule has 1 aliphatic heterocycles. The van der Waals surface area contributed by atoms with Crippen LogP contribution < -0.4 is 10.2 Å². The Hall–Kier alpha value is -2.31. The number of nitrogens with one attached hydrogen (secondary N) is 1. The normalized spacial score (nSPS) is 14.2. The number of non-ortho nitro benzene ring substituents is 1. The second kappa shape index (κ2) is 7.93. The third-order valence-electron chi connectivity index (χ3n) is 4.31. The van der Waals surface area contributed by atoms with Gasteiger partial charge in [-0.05, 0) is 43.5 Å². The van der Waals surface area contributed by atoms with Gasteiger partial charge in [-0.1, -0.05) is 23.2 Å². The Kier molecular flexibility index (Phi) is 5.64. The summed E-state index contributed by atoms with van der Waals surface area (Å²) in [4.78, 5) is 25.5. The van der Waals surface area contributed by atoms with Crippen LogP contribution in [0.4, 0.5) is 17.1 Å². The molecule has 0 spiro atoms. The van der Waals surface area contributed by atoms with Crippen LogP contribution in [0.25, 0.3) is 0 Å². The van der Waals surface area contributed by atoms with E-state index in [4.69, 9.17) is 23.2 Å². The molecule has 3 rings (SSSR count). The largest absolute Gasteiger partial charge is 0.371 e. The number of carbonyl (C=O) groups is 1. The van der Waals surface area contributed by atoms with Gasteiger partial charge in [0.2, 0.25) is 0 Å². The molecule has 1 heterocycles. The maximum Gasteiger partial charge on any atom is 0.270 e. The summed E-state index contributed by atoms with van der Waals surface area (Å²) in [6.45, 7) is 1.65. The zero-order chi connectivity index (χ0) is 18.7. The van der Waals surface area contributed by atoms with Gasteiger partial charge in [0.05, 0.1) is 26.2 Å². The fourth-order valence-electron chi connectivity index (χ4n) is 3.00. The van der Waals surface area contributed by atoms with Crippen LogP contribution in [-0.4, -0.2) is 23.9 Å². The molecule has 0 atom stereocenters. The Bertz CT molecular complexity index is 852. The molecule has 1 fully saturated rings. The second-order valence-corrected chi connectivity index (χ2v) is 6.90. The van der Waals surface area contributed by atoms with Crippen molar-refractivity contribution in [2.24, 2.45) is 0 Å². The molecule has 1 aliphatic rings. The van der Waals surface area contributed by atoms with Crippen LogP contribution in [0.15, 0.2) is 36.4 Å². The van der Waals surface area contributed by atoms with Gasteiger partial charge in [-0.25, -0.2) is 0 Å². The van der Waals surface area contributed by atoms with Crippen LogP contribution >= 0.6 is 23.2 Å². The quantitative estimate of drug-likeness (QED) is 0.575. The van der Waals surface area contributed by atoms with E-state index in [0.717, 1.165) is 32.4 Å². The van der Waals surface area contributed by atoms with Crippen molar-refractivity contribution in [1.82, 2.24) is 0 Å². The first-order valence-electron chi connectivity index (χ1n) is 8.25. The van der Waals surface area contributed by atoms with Crippen molar-refractivity contribution in [2.75, 3.05) is 23.3 Å². The Labute approximate surface area is 160 Å². The summed E-state index contributed by atoms with van der Waals surface area (Å²) >= 11 is 11.9. The minimum absolute atomic E-state index is 0.120. The number of halogens is 2. The molecule has 0 unspecified atom stereocenters. The van der Waals surface area contributed by atoms with E-state index in [1.165, 1.54) is 12.1 Å². The molecular formula is C18H17Cl2N3O3. The lowest BCUT2D eigenvalue weighted by Crippen LogP contribution is -2.31. The van der Waals surface area contributed by atoms with Gasteiger partial charge in [-0.3, -0.25) is 14.9 Å². The molecule has 136 valence electrons. The molecule has 2 aromatic carbocycles. The predicted molar refractivity (Wildman–Crippen MR) is 104 cm³/mol. The number of benzene rings is 2. The number of amides is 1. The molecule has 1 N–H and O–H groups in total. The first-order valence-corrected chi connectivity index (χ1v) is 9.01. The first-order chi connectivity index (χ1) is 12.5. The van der Waals surface area contributed by atoms with Gasteiger partial charge < -0.3 is 10.2 Å². The summed E-state index contributed by atoms with van der Waals surface area (Å²) in [5, 5.41) is 14.6. The fourth-order valence-corrected chi connectivity index (χ4v) is 3.30. The Morgan fingerprint density at radius 2 is 1.77 bits per heavy atom. The van der Waals surface area contributed by atoms with Crippen molar-refractivity contribution >= 4 is 46.2 Å². The van der Waals surface area contributed by atoms with E-state index in [9.17, 15) is 14.9 Å². The van der Waals surface area contributed by atoms with Crippen molar-refractivity contribution in [1.29, 1.82) is 0 Å². The number of nitro benzene ring substituents is 1. The van der Waals surface area contributed by atoms with Gasteiger partial charge in [0.25, 0.3) is 11.6 Å². The number of nitro groups is 1. The van der Waals surface area contributed by atoms with Gasteiger partial charge in [0.15, 0.2) is 0 Å². The number of hydrogen-bond acceptors (Lipinski definition) is 4. The highest BCUT2D eigenvalue weighted by molar-refractivity contribution is 6.42. The smallest absolute Gasteiger partial charge is 0.270 e. The van der Waals surface area contributed by atoms with Crippen LogP contribution in [-0.2, 0) is 0 Å². The summed E-state index contributed by atoms with van der Waals surface area (Å²) in [6, 6.07) is 9.14. The van der Waals surface area contributed by atoms with E-state index in [1.54, 1.807) is 24.3 Å². The van der Waals surface area contributed by atoms with Crippen LogP contribution in [0.1, 0.15) is 29.6 Å². The Morgan fingerprint density at radius 1 is 1.04 bits per heavy atom. The maximum atomic E-state index is 12.8. The molecule has 0 saturated carbocycles. The summed E-state index contributed by atoms with van der Waals surface area (Å²) in [6.07, 6.45) is 3.21. The highest BCUT2D eigenvalue weighted by atomic mass is 35.5. The van der Waals surface area contributed by atoms with E-state index in [0.29, 0.717) is 21.4 Å². The third-order valence-corrected chi connectivity index (χ3v) is 5.05. The summed E-state index contributed by atoms with van der Waals surface area (Å²) in [5.74, 6) is -0.423. The average Bonchev–Trinajstić information content (AvgIpc) is 2.65. The van der Waals surface area contributed by atoms with Gasteiger partial charge >= 0.3 is 0 Å². The predicted octanol–water partition coefficient (Wildman–Crippen LogP) is 5.14. The highest BCUT2D eigenvalue weighted by Crippen LogP contribution is 2.30. The third kappa shape index (κ3) is 4.08. The molecule has 0 aromatic heterocycles. The summed E-state index contributed by atoms with van der Waals surface area (Å²) in [5.41, 5.74) is 1.32. The van der Waals surface area contributed by atoms with Gasteiger partial charge in [-0.2, -0.15) is 0 Å². The summed E-state index contributed by atoms with van der Waals surface area (Å²) < 4.78 is 0. The van der Waals surface area contributed by atoms with Gasteiger partial charge in [-0.15, -0.1) is 0 Å². The minimum atomic E-state index is -0.504. The van der Waals surface area contributed by atoms with Crippen molar-refractivity contribution in [3.8, 4) is 0 Å². The number of nitrogens with zero attached hydrogens (tertiary/aromatic N) is 2. The number of hydrogen-bond donors (Lipinski definition) is 1. The molecule has 2 aromatic rings. The number of rotatable bonds is 4. The fraction of sp³-hybridized carbons (Fsp3) is 0.278. The number of piperidine rings is 1. The molecule has 0 radical (unpaired) electrons. The zero-order valence-electron chi connectivity index (χ0n) is 13.9. The van der Waals surface area contributed by atoms with Crippen molar-refractivity contribution in [2.45, 2.75) is 19.3 Å². The molecule has 26 heavy (non-hydrogen) atoms. The van der Waals surface area contributed by atoms with Crippen LogP contribution in [0.3, 0.4) is 0 Å². The van der Waals surface area contributed by atoms with E-state index in [1.807, 2.05) is 0 Å². The van der Waals surface area contributed by atoms with Crippen molar-refractivity contribution < 1.29 is 9.72 Å². The Morgan fingerprint density at radius 3 is 2.42 bits per heavy atom. The number of carbonyl (C=O) groups excluding carboxylic acids is 1. The van der Waals surface area contributed by atoms with Gasteiger partial charge in [0, 0.05) is 30.9 Å². The lowest BCUT2D eigenvalue weighted by Gasteiger charge is -2.30. The van der Waals surface area contributed by atoms with Crippen LogP contribution in [0.5, 0.6) is 0 Å². The molecule has 1 amide bonds. The first kappa shape index (κ1) is 18.5. The van der Waals surface area contributed by atoms with E-state index in [2.05, 4.69) is 10.2 Å². The molecular weight excluding hydrogens is 377 g/mol. The van der Waals surface area contributed by atoms with E-state index in [-0.39, 0.29) is 11.3 Å². The molecule has 8 heteroatoms. The highest BCUT2D eigenvalue weighted by Gasteiger charge is 2.22. The van der Waals surface area contributed by atoms with E-state index >= 15 is 0 Å². The molecule has 1 saturated heterocycles. The topological polar surface area (TPSA) is 75.5 Å². The average molecular weight is 394 g/mol. The SMILES string of the molecule is O=C(Nc1ccc(Cl)c(Cl)c1)c1cc([N+](=O)[O-])ccc1N1CCCCC1. The lowest BCUT2D eigenvalue weighted by molar-refractivity contribution is -0.384. The molecule has 6 nitrogen and oxygen atoms in total. The molecule has 0 bridgehead atoms. The molecule has 0 aliphatic carbocycles. The number of anilines is 2. The van der Waals surface area contributed by atoms with Crippen LogP contribution in [0.2, 0.25) is 10.0 Å². The maximum absolute atomic E-state index is 12.8. The van der Waals surface area contributed by atoms with Crippen LogP contribution in [0, 0.1) is 10.1 Å². The monoisotopic (exact) mass is 393 g/mol. The zero-order valence-corrected chi connectivity index (χ0v) is 15.4. The minimum Gasteiger partial charge on any atom is -0.371 e. The summed E-state index contributed by atoms with van der Waals surface area (Å²) in [7, 11) is 0. The van der Waals surface area contributed by atoms with E-state index < -0.39 is 10.8 Å². The standard InChI is InChI=1S/C18H17Cl2N3O3/c19-15-6-4-12(10-16(15)20)21-18(24)14-11-13(23(25)26)5-7-17(14)22-8-2-1-3-9-22/h4-7,10-11H,1-3,8-9H2,(H,21,24). The lowest BCUT2D eigenvalue weighted by atomic mass is 10.1. The van der Waals surface area contributed by atoms with Crippen molar-refractivity contribution in [3.63, 3.8) is 0 Å². The second-order valence-electron chi connectivity index (χ2n) is 6.09. The van der Waals surface area contributed by atoms with Crippen molar-refractivity contribution in [3.05, 3.63) is 62.1 Å².